The van der Waals surface area contributed by atoms with E-state index in [0.29, 0.717) is 13.1 Å². The highest BCUT2D eigenvalue weighted by atomic mass is 16.2. The van der Waals surface area contributed by atoms with E-state index in [4.69, 9.17) is 5.73 Å². The lowest BCUT2D eigenvalue weighted by molar-refractivity contribution is -0.119. The van der Waals surface area contributed by atoms with Crippen molar-refractivity contribution in [1.29, 1.82) is 0 Å². The monoisotopic (exact) mass is 289 g/mol. The molecule has 0 fully saturated rings. The fourth-order valence-corrected chi connectivity index (χ4v) is 2.82. The summed E-state index contributed by atoms with van der Waals surface area (Å²) in [5.41, 5.74) is 8.20. The van der Waals surface area contributed by atoms with Crippen LogP contribution >= 0.6 is 0 Å². The Bertz CT molecular complexity index is 499. The van der Waals surface area contributed by atoms with Gasteiger partial charge in [-0.05, 0) is 36.6 Å². The summed E-state index contributed by atoms with van der Waals surface area (Å²) in [4.78, 5) is 16.7. The van der Waals surface area contributed by atoms with Crippen molar-refractivity contribution >= 4 is 11.6 Å². The van der Waals surface area contributed by atoms with Crippen molar-refractivity contribution in [3.63, 3.8) is 0 Å². The van der Waals surface area contributed by atoms with Crippen LogP contribution < -0.4 is 10.6 Å². The molecule has 1 aromatic rings. The Morgan fingerprint density at radius 3 is 2.76 bits per heavy atom. The molecule has 0 radical (unpaired) electrons. The van der Waals surface area contributed by atoms with Crippen molar-refractivity contribution in [2.45, 2.75) is 27.2 Å². The zero-order chi connectivity index (χ0) is 15.5. The summed E-state index contributed by atoms with van der Waals surface area (Å²) in [6.07, 6.45) is 0.961. The van der Waals surface area contributed by atoms with Gasteiger partial charge in [-0.25, -0.2) is 0 Å². The minimum absolute atomic E-state index is 0.0409. The maximum absolute atomic E-state index is 12.6. The number of rotatable bonds is 6. The van der Waals surface area contributed by atoms with E-state index in [1.54, 1.807) is 0 Å². The van der Waals surface area contributed by atoms with Gasteiger partial charge in [0.2, 0.25) is 5.91 Å². The third kappa shape index (κ3) is 3.83. The average Bonchev–Trinajstić information content (AvgIpc) is 2.90. The summed E-state index contributed by atoms with van der Waals surface area (Å²) in [6.45, 7) is 9.99. The van der Waals surface area contributed by atoms with Crippen LogP contribution in [-0.2, 0) is 11.2 Å². The van der Waals surface area contributed by atoms with E-state index < -0.39 is 0 Å². The molecule has 0 atom stereocenters. The highest BCUT2D eigenvalue weighted by Gasteiger charge is 2.27. The Hall–Kier alpha value is -1.39. The predicted octanol–water partition coefficient (Wildman–Crippen LogP) is 1.88. The van der Waals surface area contributed by atoms with Crippen molar-refractivity contribution in [3.8, 4) is 0 Å². The van der Waals surface area contributed by atoms with Crippen LogP contribution in [0.3, 0.4) is 0 Å². The van der Waals surface area contributed by atoms with E-state index in [0.717, 1.165) is 31.7 Å². The van der Waals surface area contributed by atoms with E-state index in [1.807, 2.05) is 23.1 Å². The largest absolute Gasteiger partial charge is 0.330 e. The molecule has 2 N–H and O–H groups in total. The molecule has 4 heteroatoms. The van der Waals surface area contributed by atoms with Crippen LogP contribution in [0, 0.1) is 5.41 Å². The Kier molecular flexibility index (Phi) is 5.01. The van der Waals surface area contributed by atoms with E-state index in [-0.39, 0.29) is 11.3 Å². The molecule has 21 heavy (non-hydrogen) atoms. The van der Waals surface area contributed by atoms with Crippen molar-refractivity contribution in [2.75, 3.05) is 37.6 Å². The molecular formula is C17H27N3O. The van der Waals surface area contributed by atoms with Gasteiger partial charge in [0.1, 0.15) is 0 Å². The number of hydrogen-bond donors (Lipinski definition) is 1. The molecule has 1 aliphatic heterocycles. The molecule has 1 aromatic carbocycles. The molecule has 1 aliphatic rings. The second-order valence-electron chi connectivity index (χ2n) is 6.60. The number of amides is 1. The van der Waals surface area contributed by atoms with E-state index in [1.165, 1.54) is 5.56 Å². The molecule has 2 rings (SSSR count). The molecular weight excluding hydrogens is 262 g/mol. The summed E-state index contributed by atoms with van der Waals surface area (Å²) in [5, 5.41) is 0. The molecule has 4 nitrogen and oxygen atoms in total. The van der Waals surface area contributed by atoms with Gasteiger partial charge in [0.15, 0.2) is 0 Å². The Morgan fingerprint density at radius 2 is 2.10 bits per heavy atom. The molecule has 0 aromatic heterocycles. The third-order valence-corrected chi connectivity index (χ3v) is 4.20. The minimum Gasteiger partial charge on any atom is -0.330 e. The van der Waals surface area contributed by atoms with E-state index >= 15 is 0 Å². The van der Waals surface area contributed by atoms with Gasteiger partial charge in [-0.1, -0.05) is 39.0 Å². The van der Waals surface area contributed by atoms with Gasteiger partial charge in [0, 0.05) is 18.8 Å². The summed E-state index contributed by atoms with van der Waals surface area (Å²) < 4.78 is 0. The number of hydrogen-bond acceptors (Lipinski definition) is 3. The smallest absolute Gasteiger partial charge is 0.241 e. The third-order valence-electron chi connectivity index (χ3n) is 4.20. The highest BCUT2D eigenvalue weighted by Crippen LogP contribution is 2.27. The first-order valence-electron chi connectivity index (χ1n) is 7.77. The van der Waals surface area contributed by atoms with Crippen LogP contribution in [0.25, 0.3) is 0 Å². The molecule has 0 spiro atoms. The molecule has 0 aliphatic carbocycles. The van der Waals surface area contributed by atoms with Gasteiger partial charge < -0.3 is 10.6 Å². The van der Waals surface area contributed by atoms with Gasteiger partial charge in [-0.2, -0.15) is 0 Å². The van der Waals surface area contributed by atoms with Crippen molar-refractivity contribution in [3.05, 3.63) is 29.8 Å². The first-order chi connectivity index (χ1) is 9.96. The maximum Gasteiger partial charge on any atom is 0.241 e. The minimum atomic E-state index is 0.0409. The number of benzene rings is 1. The molecule has 0 saturated heterocycles. The number of nitrogens with two attached hydrogens (primary N) is 1. The van der Waals surface area contributed by atoms with Gasteiger partial charge in [-0.15, -0.1) is 0 Å². The van der Waals surface area contributed by atoms with Crippen LogP contribution in [0.15, 0.2) is 24.3 Å². The van der Waals surface area contributed by atoms with Crippen LogP contribution in [0.2, 0.25) is 0 Å². The van der Waals surface area contributed by atoms with E-state index in [2.05, 4.69) is 31.7 Å². The number of likely N-dealkylation sites (N-methyl/N-ethyl adjacent to an activating group) is 1. The van der Waals surface area contributed by atoms with Crippen molar-refractivity contribution in [2.24, 2.45) is 11.1 Å². The Morgan fingerprint density at radius 1 is 1.38 bits per heavy atom. The van der Waals surface area contributed by atoms with Gasteiger partial charge >= 0.3 is 0 Å². The van der Waals surface area contributed by atoms with Gasteiger partial charge in [0.25, 0.3) is 0 Å². The first kappa shape index (κ1) is 16.0. The van der Waals surface area contributed by atoms with Gasteiger partial charge in [-0.3, -0.25) is 9.69 Å². The Labute approximate surface area is 127 Å². The average molecular weight is 289 g/mol. The van der Waals surface area contributed by atoms with Gasteiger partial charge in [0.05, 0.1) is 6.54 Å². The number of para-hydroxylation sites is 1. The normalized spacial score (nSPS) is 14.6. The molecule has 0 unspecified atom stereocenters. The predicted molar refractivity (Wildman–Crippen MR) is 87.4 cm³/mol. The number of fused-ring (bicyclic) bond motifs is 1. The SMILES string of the molecule is CCN(CC(=O)N1CCc2ccccc21)CC(C)(C)CN. The molecule has 0 bridgehead atoms. The molecule has 1 heterocycles. The van der Waals surface area contributed by atoms with Crippen LogP contribution in [0.4, 0.5) is 5.69 Å². The zero-order valence-electron chi connectivity index (χ0n) is 13.4. The second kappa shape index (κ2) is 6.58. The van der Waals surface area contributed by atoms with Crippen molar-refractivity contribution in [1.82, 2.24) is 4.90 Å². The molecule has 1 amide bonds. The summed E-state index contributed by atoms with van der Waals surface area (Å²) in [6, 6.07) is 8.19. The summed E-state index contributed by atoms with van der Waals surface area (Å²) in [5.74, 6) is 0.189. The van der Waals surface area contributed by atoms with E-state index in [9.17, 15) is 4.79 Å². The quantitative estimate of drug-likeness (QED) is 0.870. The van der Waals surface area contributed by atoms with Crippen LogP contribution in [-0.4, -0.2) is 43.5 Å². The number of carbonyl (C=O) groups excluding carboxylic acids is 1. The zero-order valence-corrected chi connectivity index (χ0v) is 13.4. The molecule has 0 saturated carbocycles. The maximum atomic E-state index is 12.6. The van der Waals surface area contributed by atoms with Crippen LogP contribution in [0.5, 0.6) is 0 Å². The second-order valence-corrected chi connectivity index (χ2v) is 6.60. The fourth-order valence-electron chi connectivity index (χ4n) is 2.82. The lowest BCUT2D eigenvalue weighted by Gasteiger charge is -2.31. The number of anilines is 1. The number of carbonyl (C=O) groups is 1. The van der Waals surface area contributed by atoms with Crippen molar-refractivity contribution < 1.29 is 4.79 Å². The summed E-state index contributed by atoms with van der Waals surface area (Å²) in [7, 11) is 0. The fraction of sp³-hybridized carbons (Fsp3) is 0.588. The lowest BCUT2D eigenvalue weighted by atomic mass is 9.93. The first-order valence-corrected chi connectivity index (χ1v) is 7.77. The number of nitrogens with zero attached hydrogens (tertiary/aromatic N) is 2. The highest BCUT2D eigenvalue weighted by molar-refractivity contribution is 5.96. The lowest BCUT2D eigenvalue weighted by Crippen LogP contribution is -2.44. The van der Waals surface area contributed by atoms with Crippen LogP contribution in [0.1, 0.15) is 26.3 Å². The Balaban J connectivity index is 2.01. The summed E-state index contributed by atoms with van der Waals surface area (Å²) >= 11 is 0. The molecule has 116 valence electrons. The standard InChI is InChI=1S/C17H27N3O/c1-4-19(13-17(2,3)12-18)11-16(21)20-10-9-14-7-5-6-8-15(14)20/h5-8H,4,9-13,18H2,1-3H3. The topological polar surface area (TPSA) is 49.6 Å².